The van der Waals surface area contributed by atoms with Gasteiger partial charge in [-0.05, 0) is 43.0 Å². The van der Waals surface area contributed by atoms with Crippen LogP contribution < -0.4 is 4.74 Å². The van der Waals surface area contributed by atoms with E-state index in [2.05, 4.69) is 4.98 Å². The third kappa shape index (κ3) is 4.96. The van der Waals surface area contributed by atoms with Gasteiger partial charge >= 0.3 is 5.97 Å². The highest BCUT2D eigenvalue weighted by molar-refractivity contribution is 7.08. The average Bonchev–Trinajstić information content (AvgIpc) is 3.30. The normalized spacial score (nSPS) is 12.1. The smallest absolute Gasteiger partial charge is 0.333 e. The fraction of sp³-hybridized carbons (Fsp3) is 0.300. The Bertz CT molecular complexity index is 870. The van der Waals surface area contributed by atoms with E-state index in [0.29, 0.717) is 31.3 Å². The van der Waals surface area contributed by atoms with E-state index in [0.717, 1.165) is 22.6 Å². The number of aryl methyl sites for hydroxylation is 1. The van der Waals surface area contributed by atoms with E-state index < -0.39 is 12.1 Å². The number of nitrogens with zero attached hydrogens (tertiary/aromatic N) is 1. The van der Waals surface area contributed by atoms with Gasteiger partial charge in [0.2, 0.25) is 5.89 Å². The molecule has 1 N–H and O–H groups in total. The fourth-order valence-corrected chi connectivity index (χ4v) is 3.21. The first-order valence-electron chi connectivity index (χ1n) is 8.61. The second kappa shape index (κ2) is 8.83. The minimum atomic E-state index is -0.958. The van der Waals surface area contributed by atoms with Gasteiger partial charge in [-0.25, -0.2) is 9.78 Å². The number of carboxylic acid groups (broad SMARTS) is 1. The molecule has 7 heteroatoms. The summed E-state index contributed by atoms with van der Waals surface area (Å²) in [4.78, 5) is 15.7. The van der Waals surface area contributed by atoms with Crippen molar-refractivity contribution in [3.63, 3.8) is 0 Å². The van der Waals surface area contributed by atoms with Crippen LogP contribution in [0.5, 0.6) is 5.75 Å². The van der Waals surface area contributed by atoms with Gasteiger partial charge in [-0.1, -0.05) is 12.1 Å². The van der Waals surface area contributed by atoms with E-state index in [-0.39, 0.29) is 0 Å². The maximum atomic E-state index is 11.2. The van der Waals surface area contributed by atoms with Crippen molar-refractivity contribution in [2.75, 3.05) is 6.61 Å². The van der Waals surface area contributed by atoms with Crippen LogP contribution in [0.15, 0.2) is 45.5 Å². The van der Waals surface area contributed by atoms with Crippen molar-refractivity contribution in [1.82, 2.24) is 4.98 Å². The summed E-state index contributed by atoms with van der Waals surface area (Å²) >= 11 is 1.59. The van der Waals surface area contributed by atoms with E-state index in [1.807, 2.05) is 48.0 Å². The lowest BCUT2D eigenvalue weighted by Crippen LogP contribution is -2.26. The van der Waals surface area contributed by atoms with Gasteiger partial charge in [0.05, 0.1) is 0 Å². The van der Waals surface area contributed by atoms with Gasteiger partial charge in [-0.2, -0.15) is 11.3 Å². The topological polar surface area (TPSA) is 81.8 Å². The van der Waals surface area contributed by atoms with Crippen molar-refractivity contribution in [3.05, 3.63) is 58.1 Å². The van der Waals surface area contributed by atoms with E-state index in [9.17, 15) is 4.79 Å². The predicted molar refractivity (Wildman–Crippen MR) is 102 cm³/mol. The van der Waals surface area contributed by atoms with Gasteiger partial charge in [0.15, 0.2) is 6.10 Å². The average molecular weight is 387 g/mol. The lowest BCUT2D eigenvalue weighted by atomic mass is 10.1. The quantitative estimate of drug-likeness (QED) is 0.589. The highest BCUT2D eigenvalue weighted by Crippen LogP contribution is 2.24. The molecule has 2 aromatic heterocycles. The molecule has 0 fully saturated rings. The molecule has 0 saturated carbocycles. The molecule has 142 valence electrons. The second-order valence-corrected chi connectivity index (χ2v) is 6.73. The Morgan fingerprint density at radius 1 is 1.30 bits per heavy atom. The number of carboxylic acids is 1. The Kier molecular flexibility index (Phi) is 6.26. The molecule has 0 aliphatic carbocycles. The predicted octanol–water partition coefficient (Wildman–Crippen LogP) is 4.32. The molecular weight excluding hydrogens is 366 g/mol. The molecule has 0 bridgehead atoms. The standard InChI is InChI=1S/C20H21NO5S/c1-3-24-18(20(22)23)10-14-4-6-16(7-5-14)25-11-17-13(2)26-19(21-17)15-8-9-27-12-15/h4-9,12,18H,3,10-11H2,1-2H3,(H,22,23)/t18-/m0/s1. The highest BCUT2D eigenvalue weighted by Gasteiger charge is 2.18. The summed E-state index contributed by atoms with van der Waals surface area (Å²) in [6.07, 6.45) is -0.523. The zero-order valence-corrected chi connectivity index (χ0v) is 16.0. The first-order valence-corrected chi connectivity index (χ1v) is 9.56. The van der Waals surface area contributed by atoms with Crippen molar-refractivity contribution in [2.45, 2.75) is 33.0 Å². The van der Waals surface area contributed by atoms with Crippen LogP contribution in [0, 0.1) is 6.92 Å². The first kappa shape index (κ1) is 19.1. The Labute approximate surface area is 161 Å². The van der Waals surface area contributed by atoms with E-state index >= 15 is 0 Å². The number of ether oxygens (including phenoxy) is 2. The molecule has 3 rings (SSSR count). The van der Waals surface area contributed by atoms with E-state index in [4.69, 9.17) is 19.0 Å². The molecular formula is C20H21NO5S. The third-order valence-corrected chi connectivity index (χ3v) is 4.71. The number of aromatic nitrogens is 1. The van der Waals surface area contributed by atoms with Crippen LogP contribution in [-0.2, 0) is 22.6 Å². The second-order valence-electron chi connectivity index (χ2n) is 5.95. The number of hydrogen-bond donors (Lipinski definition) is 1. The number of carbonyl (C=O) groups is 1. The Morgan fingerprint density at radius 3 is 2.70 bits per heavy atom. The minimum Gasteiger partial charge on any atom is -0.487 e. The SMILES string of the molecule is CCO[C@@H](Cc1ccc(OCc2nc(-c3ccsc3)oc2C)cc1)C(=O)O. The molecule has 0 spiro atoms. The molecule has 3 aromatic rings. The molecule has 6 nitrogen and oxygen atoms in total. The summed E-state index contributed by atoms with van der Waals surface area (Å²) in [5.41, 5.74) is 2.59. The number of benzene rings is 1. The van der Waals surface area contributed by atoms with Gasteiger partial charge in [-0.15, -0.1) is 0 Å². The maximum absolute atomic E-state index is 11.2. The molecule has 1 aromatic carbocycles. The number of thiophene rings is 1. The Morgan fingerprint density at radius 2 is 2.07 bits per heavy atom. The molecule has 2 heterocycles. The monoisotopic (exact) mass is 387 g/mol. The van der Waals surface area contributed by atoms with Gasteiger partial charge in [0.1, 0.15) is 23.8 Å². The summed E-state index contributed by atoms with van der Waals surface area (Å²) in [5.74, 6) is 1.05. The number of aliphatic carboxylic acids is 1. The Balaban J connectivity index is 1.60. The molecule has 0 radical (unpaired) electrons. The lowest BCUT2D eigenvalue weighted by Gasteiger charge is -2.12. The van der Waals surface area contributed by atoms with Crippen molar-refractivity contribution >= 4 is 17.3 Å². The zero-order chi connectivity index (χ0) is 19.2. The Hall–Kier alpha value is -2.64. The summed E-state index contributed by atoms with van der Waals surface area (Å²) in [6, 6.07) is 9.28. The summed E-state index contributed by atoms with van der Waals surface area (Å²) < 4.78 is 16.7. The van der Waals surface area contributed by atoms with Gasteiger partial charge in [0.25, 0.3) is 0 Å². The molecule has 0 amide bonds. The molecule has 0 aliphatic rings. The van der Waals surface area contributed by atoms with E-state index in [1.54, 1.807) is 18.3 Å². The summed E-state index contributed by atoms with van der Waals surface area (Å²) in [6.45, 7) is 4.31. The first-order chi connectivity index (χ1) is 13.1. The zero-order valence-electron chi connectivity index (χ0n) is 15.2. The number of rotatable bonds is 9. The molecule has 0 unspecified atom stereocenters. The lowest BCUT2D eigenvalue weighted by molar-refractivity contribution is -0.149. The van der Waals surface area contributed by atoms with Crippen molar-refractivity contribution < 1.29 is 23.8 Å². The molecule has 1 atom stereocenters. The van der Waals surface area contributed by atoms with E-state index in [1.165, 1.54) is 0 Å². The van der Waals surface area contributed by atoms with Gasteiger partial charge in [0, 0.05) is 24.0 Å². The summed E-state index contributed by atoms with van der Waals surface area (Å²) in [5, 5.41) is 13.1. The molecule has 0 aliphatic heterocycles. The maximum Gasteiger partial charge on any atom is 0.333 e. The third-order valence-electron chi connectivity index (χ3n) is 4.02. The van der Waals surface area contributed by atoms with Gasteiger partial charge < -0.3 is 19.0 Å². The van der Waals surface area contributed by atoms with Crippen molar-refractivity contribution in [3.8, 4) is 17.2 Å². The number of oxazole rings is 1. The molecule has 0 saturated heterocycles. The van der Waals surface area contributed by atoms with Crippen molar-refractivity contribution in [2.24, 2.45) is 0 Å². The summed E-state index contributed by atoms with van der Waals surface area (Å²) in [7, 11) is 0. The van der Waals surface area contributed by atoms with Gasteiger partial charge in [-0.3, -0.25) is 0 Å². The van der Waals surface area contributed by atoms with Crippen LogP contribution >= 0.6 is 11.3 Å². The fourth-order valence-electron chi connectivity index (χ4n) is 2.58. The largest absolute Gasteiger partial charge is 0.487 e. The van der Waals surface area contributed by atoms with Crippen LogP contribution in [-0.4, -0.2) is 28.8 Å². The van der Waals surface area contributed by atoms with Crippen molar-refractivity contribution in [1.29, 1.82) is 0 Å². The van der Waals surface area contributed by atoms with Crippen LogP contribution in [0.2, 0.25) is 0 Å². The van der Waals surface area contributed by atoms with Crippen LogP contribution in [0.1, 0.15) is 23.9 Å². The minimum absolute atomic E-state index is 0.301. The molecule has 27 heavy (non-hydrogen) atoms. The van der Waals surface area contributed by atoms with Crippen LogP contribution in [0.25, 0.3) is 11.5 Å². The number of hydrogen-bond acceptors (Lipinski definition) is 6. The van der Waals surface area contributed by atoms with Crippen LogP contribution in [0.3, 0.4) is 0 Å². The van der Waals surface area contributed by atoms with Crippen LogP contribution in [0.4, 0.5) is 0 Å². The highest BCUT2D eigenvalue weighted by atomic mass is 32.1.